The van der Waals surface area contributed by atoms with E-state index in [1.165, 1.54) is 6.42 Å². The molecular formula is C14H26ClNO2. The number of halogens is 1. The second-order valence-electron chi connectivity index (χ2n) is 5.93. The minimum absolute atomic E-state index is 0.0396. The first-order valence-corrected chi connectivity index (χ1v) is 7.40. The average molecular weight is 276 g/mol. The Bertz CT molecular complexity index is 263. The van der Waals surface area contributed by atoms with Crippen molar-refractivity contribution >= 4 is 17.5 Å². The van der Waals surface area contributed by atoms with Gasteiger partial charge in [0.2, 0.25) is 5.91 Å². The molecule has 4 heteroatoms. The van der Waals surface area contributed by atoms with Crippen LogP contribution in [0.1, 0.15) is 46.0 Å². The van der Waals surface area contributed by atoms with Crippen LogP contribution in [0.2, 0.25) is 0 Å². The molecule has 3 nitrogen and oxygen atoms in total. The normalized spacial score (nSPS) is 24.6. The monoisotopic (exact) mass is 275 g/mol. The second-order valence-corrected chi connectivity index (χ2v) is 6.30. The molecule has 1 amide bonds. The van der Waals surface area contributed by atoms with Crippen LogP contribution < -0.4 is 5.32 Å². The maximum Gasteiger partial charge on any atom is 0.223 e. The first kappa shape index (κ1) is 15.8. The molecule has 1 fully saturated rings. The van der Waals surface area contributed by atoms with Crippen molar-refractivity contribution in [3.05, 3.63) is 0 Å². The highest BCUT2D eigenvalue weighted by molar-refractivity contribution is 6.17. The van der Waals surface area contributed by atoms with Gasteiger partial charge in [0.15, 0.2) is 0 Å². The first-order chi connectivity index (χ1) is 8.51. The molecule has 1 N–H and O–H groups in total. The van der Waals surface area contributed by atoms with E-state index in [9.17, 15) is 4.79 Å². The van der Waals surface area contributed by atoms with Crippen LogP contribution in [0, 0.1) is 11.3 Å². The van der Waals surface area contributed by atoms with Crippen molar-refractivity contribution in [2.45, 2.75) is 52.0 Å². The van der Waals surface area contributed by atoms with E-state index in [4.69, 9.17) is 16.3 Å². The van der Waals surface area contributed by atoms with E-state index < -0.39 is 0 Å². The molecule has 0 radical (unpaired) electrons. The summed E-state index contributed by atoms with van der Waals surface area (Å²) in [7, 11) is 1.65. The molecule has 0 heterocycles. The van der Waals surface area contributed by atoms with Gasteiger partial charge >= 0.3 is 0 Å². The number of methoxy groups -OCH3 is 1. The van der Waals surface area contributed by atoms with Gasteiger partial charge in [0, 0.05) is 18.9 Å². The smallest absolute Gasteiger partial charge is 0.223 e. The Kier molecular flexibility index (Phi) is 6.44. The lowest BCUT2D eigenvalue weighted by Gasteiger charge is -2.38. The van der Waals surface area contributed by atoms with Crippen LogP contribution in [-0.2, 0) is 9.53 Å². The van der Waals surface area contributed by atoms with Crippen molar-refractivity contribution in [1.29, 1.82) is 0 Å². The average Bonchev–Trinajstić information content (AvgIpc) is 2.28. The number of rotatable bonds is 6. The number of carbonyl (C=O) groups excluding carboxylic acids is 1. The molecule has 0 spiro atoms. The van der Waals surface area contributed by atoms with E-state index in [-0.39, 0.29) is 23.3 Å². The van der Waals surface area contributed by atoms with Crippen molar-refractivity contribution in [3.63, 3.8) is 0 Å². The maximum absolute atomic E-state index is 12.4. The fraction of sp³-hybridized carbons (Fsp3) is 0.929. The molecular weight excluding hydrogens is 250 g/mol. The zero-order valence-electron chi connectivity index (χ0n) is 11.8. The minimum atomic E-state index is 0.0396. The van der Waals surface area contributed by atoms with Crippen molar-refractivity contribution in [3.8, 4) is 0 Å². The van der Waals surface area contributed by atoms with Gasteiger partial charge in [0.25, 0.3) is 0 Å². The van der Waals surface area contributed by atoms with Crippen LogP contribution in [0.15, 0.2) is 0 Å². The van der Waals surface area contributed by atoms with Crippen LogP contribution in [-0.4, -0.2) is 31.5 Å². The number of ether oxygens (including phenoxy) is 1. The standard InChI is InChI=1S/C14H26ClNO2/c1-14(2)8-5-4-6-12(14)13(17)16-11(7-9-15)10-18-3/h11-12H,4-10H2,1-3H3,(H,16,17). The molecule has 18 heavy (non-hydrogen) atoms. The first-order valence-electron chi connectivity index (χ1n) is 6.86. The minimum Gasteiger partial charge on any atom is -0.383 e. The van der Waals surface area contributed by atoms with Crippen molar-refractivity contribution in [1.82, 2.24) is 5.32 Å². The lowest BCUT2D eigenvalue weighted by Crippen LogP contribution is -2.46. The molecule has 0 saturated heterocycles. The lowest BCUT2D eigenvalue weighted by atomic mass is 9.68. The molecule has 0 aromatic heterocycles. The van der Waals surface area contributed by atoms with E-state index >= 15 is 0 Å². The lowest BCUT2D eigenvalue weighted by molar-refractivity contribution is -0.131. The van der Waals surface area contributed by atoms with E-state index in [1.807, 2.05) is 0 Å². The molecule has 1 rings (SSSR count). The Hall–Kier alpha value is -0.280. The van der Waals surface area contributed by atoms with Gasteiger partial charge < -0.3 is 10.1 Å². The summed E-state index contributed by atoms with van der Waals surface area (Å²) in [5.74, 6) is 0.843. The molecule has 1 aliphatic carbocycles. The third-order valence-corrected chi connectivity index (χ3v) is 4.21. The SMILES string of the molecule is COCC(CCCl)NC(=O)C1CCCCC1(C)C. The van der Waals surface area contributed by atoms with Gasteiger partial charge in [0.05, 0.1) is 12.6 Å². The summed E-state index contributed by atoms with van der Waals surface area (Å²) in [4.78, 5) is 12.4. The van der Waals surface area contributed by atoms with Gasteiger partial charge in [-0.25, -0.2) is 0 Å². The maximum atomic E-state index is 12.4. The number of carbonyl (C=O) groups is 1. The highest BCUT2D eigenvalue weighted by Crippen LogP contribution is 2.40. The Morgan fingerprint density at radius 1 is 1.50 bits per heavy atom. The molecule has 2 atom stereocenters. The highest BCUT2D eigenvalue weighted by Gasteiger charge is 2.37. The second kappa shape index (κ2) is 7.34. The number of nitrogens with one attached hydrogen (secondary N) is 1. The fourth-order valence-corrected chi connectivity index (χ4v) is 3.08. The summed E-state index contributed by atoms with van der Waals surface area (Å²) < 4.78 is 5.12. The molecule has 1 saturated carbocycles. The number of hydrogen-bond acceptors (Lipinski definition) is 2. The van der Waals surface area contributed by atoms with Crippen LogP contribution in [0.4, 0.5) is 0 Å². The topological polar surface area (TPSA) is 38.3 Å². The number of amides is 1. The van der Waals surface area contributed by atoms with Crippen LogP contribution in [0.3, 0.4) is 0 Å². The van der Waals surface area contributed by atoms with E-state index in [2.05, 4.69) is 19.2 Å². The van der Waals surface area contributed by atoms with Crippen molar-refractivity contribution in [2.75, 3.05) is 19.6 Å². The molecule has 1 aliphatic rings. The largest absolute Gasteiger partial charge is 0.383 e. The zero-order valence-corrected chi connectivity index (χ0v) is 12.6. The third-order valence-electron chi connectivity index (χ3n) is 4.00. The van der Waals surface area contributed by atoms with E-state index in [0.29, 0.717) is 12.5 Å². The summed E-state index contributed by atoms with van der Waals surface area (Å²) in [6.07, 6.45) is 5.29. The molecule has 0 aromatic carbocycles. The predicted molar refractivity (Wildman–Crippen MR) is 74.9 cm³/mol. The Morgan fingerprint density at radius 3 is 2.78 bits per heavy atom. The van der Waals surface area contributed by atoms with Gasteiger partial charge in [-0.3, -0.25) is 4.79 Å². The molecule has 0 aromatic rings. The molecule has 106 valence electrons. The predicted octanol–water partition coefficient (Wildman–Crippen LogP) is 2.96. The Labute approximate surface area is 116 Å². The fourth-order valence-electron chi connectivity index (χ4n) is 2.81. The third kappa shape index (κ3) is 4.43. The van der Waals surface area contributed by atoms with Gasteiger partial charge in [-0.05, 0) is 24.7 Å². The number of hydrogen-bond donors (Lipinski definition) is 1. The van der Waals surface area contributed by atoms with Gasteiger partial charge in [-0.15, -0.1) is 11.6 Å². The van der Waals surface area contributed by atoms with Crippen LogP contribution in [0.25, 0.3) is 0 Å². The quantitative estimate of drug-likeness (QED) is 0.757. The van der Waals surface area contributed by atoms with Crippen molar-refractivity contribution < 1.29 is 9.53 Å². The van der Waals surface area contributed by atoms with Gasteiger partial charge in [0.1, 0.15) is 0 Å². The molecule has 2 unspecified atom stereocenters. The summed E-state index contributed by atoms with van der Waals surface area (Å²) in [5, 5.41) is 3.10. The van der Waals surface area contributed by atoms with Crippen LogP contribution in [0.5, 0.6) is 0 Å². The van der Waals surface area contributed by atoms with Gasteiger partial charge in [-0.2, -0.15) is 0 Å². The summed E-state index contributed by atoms with van der Waals surface area (Å²) >= 11 is 5.75. The van der Waals surface area contributed by atoms with Crippen molar-refractivity contribution in [2.24, 2.45) is 11.3 Å². The number of alkyl halides is 1. The van der Waals surface area contributed by atoms with Crippen LogP contribution >= 0.6 is 11.6 Å². The summed E-state index contributed by atoms with van der Waals surface area (Å²) in [6, 6.07) is 0.0396. The Morgan fingerprint density at radius 2 is 2.22 bits per heavy atom. The zero-order chi connectivity index (χ0) is 13.6. The Balaban J connectivity index is 2.56. The van der Waals surface area contributed by atoms with E-state index in [1.54, 1.807) is 7.11 Å². The molecule has 0 aliphatic heterocycles. The summed E-state index contributed by atoms with van der Waals surface area (Å²) in [5.41, 5.74) is 0.112. The molecule has 0 bridgehead atoms. The highest BCUT2D eigenvalue weighted by atomic mass is 35.5. The summed E-state index contributed by atoms with van der Waals surface area (Å²) in [6.45, 7) is 4.93. The van der Waals surface area contributed by atoms with E-state index in [0.717, 1.165) is 25.7 Å². The van der Waals surface area contributed by atoms with Gasteiger partial charge in [-0.1, -0.05) is 26.7 Å².